The topological polar surface area (TPSA) is 65.8 Å². The van der Waals surface area contributed by atoms with E-state index in [1.807, 2.05) is 33.8 Å². The van der Waals surface area contributed by atoms with E-state index in [4.69, 9.17) is 11.6 Å². The van der Waals surface area contributed by atoms with E-state index in [2.05, 4.69) is 26.4 Å². The molecule has 7 nitrogen and oxygen atoms in total. The van der Waals surface area contributed by atoms with Crippen LogP contribution in [0.4, 0.5) is 16.2 Å². The minimum Gasteiger partial charge on any atom is -0.369 e. The van der Waals surface area contributed by atoms with Crippen LogP contribution in [0.2, 0.25) is 5.02 Å². The number of hydrogen-bond donors (Lipinski definition) is 1. The van der Waals surface area contributed by atoms with Crippen molar-refractivity contribution in [3.63, 3.8) is 0 Å². The second-order valence-corrected chi connectivity index (χ2v) is 8.07. The summed E-state index contributed by atoms with van der Waals surface area (Å²) in [5, 5.41) is 3.56. The van der Waals surface area contributed by atoms with Crippen LogP contribution in [0, 0.1) is 0 Å². The lowest BCUT2D eigenvalue weighted by atomic mass is 10.1. The predicted molar refractivity (Wildman–Crippen MR) is 115 cm³/mol. The molecule has 2 saturated heterocycles. The molecule has 2 fully saturated rings. The first kappa shape index (κ1) is 18.2. The first-order valence-electron chi connectivity index (χ1n) is 10.1. The summed E-state index contributed by atoms with van der Waals surface area (Å²) in [6.07, 6.45) is 10.5. The summed E-state index contributed by atoms with van der Waals surface area (Å²) in [5.74, 6) is 0.630. The van der Waals surface area contributed by atoms with Crippen LogP contribution in [0.25, 0.3) is 17.0 Å². The van der Waals surface area contributed by atoms with Gasteiger partial charge in [-0.05, 0) is 43.9 Å². The fourth-order valence-electron chi connectivity index (χ4n) is 4.06. The van der Waals surface area contributed by atoms with Gasteiger partial charge < -0.3 is 15.1 Å². The fourth-order valence-corrected chi connectivity index (χ4v) is 4.28. The van der Waals surface area contributed by atoms with E-state index in [-0.39, 0.29) is 6.03 Å². The van der Waals surface area contributed by atoms with Gasteiger partial charge >= 0.3 is 6.03 Å². The molecule has 4 heterocycles. The van der Waals surface area contributed by atoms with E-state index >= 15 is 0 Å². The summed E-state index contributed by atoms with van der Waals surface area (Å²) in [6, 6.07) is 5.42. The number of halogens is 1. The van der Waals surface area contributed by atoms with E-state index in [9.17, 15) is 4.79 Å². The van der Waals surface area contributed by atoms with Gasteiger partial charge in [0.15, 0.2) is 0 Å². The molecule has 1 N–H and O–H groups in total. The number of nitrogens with one attached hydrogen (secondary N) is 1. The lowest BCUT2D eigenvalue weighted by Gasteiger charge is -2.16. The number of nitrogens with zero attached hydrogens (tertiary/aromatic N) is 5. The standard InChI is InChI=1S/C21H23ClN6O/c22-18-6-5-15(24-21(29)27-9-3-4-10-27)11-17(18)19-14-28-13-16(12-23-20(28)25-19)26-7-1-2-8-26/h5-6,11-14H,1-4,7-10H2,(H,24,29). The number of fused-ring (bicyclic) bond motifs is 1. The molecule has 0 saturated carbocycles. The molecule has 150 valence electrons. The minimum absolute atomic E-state index is 0.0669. The van der Waals surface area contributed by atoms with Gasteiger partial charge in [-0.15, -0.1) is 0 Å². The van der Waals surface area contributed by atoms with Crippen molar-refractivity contribution >= 4 is 34.8 Å². The van der Waals surface area contributed by atoms with Gasteiger partial charge in [0.2, 0.25) is 5.78 Å². The Balaban J connectivity index is 1.43. The van der Waals surface area contributed by atoms with E-state index in [1.165, 1.54) is 12.8 Å². The average molecular weight is 411 g/mol. The SMILES string of the molecule is O=C(Nc1ccc(Cl)c(-c2cn3cc(N4CCCC4)cnc3n2)c1)N1CCCC1. The summed E-state index contributed by atoms with van der Waals surface area (Å²) in [5.41, 5.74) is 3.33. The summed E-state index contributed by atoms with van der Waals surface area (Å²) in [7, 11) is 0. The average Bonchev–Trinajstić information content (AvgIpc) is 3.49. The number of amides is 2. The van der Waals surface area contributed by atoms with Crippen molar-refractivity contribution in [3.8, 4) is 11.3 Å². The van der Waals surface area contributed by atoms with E-state index in [0.29, 0.717) is 16.5 Å². The molecule has 0 unspecified atom stereocenters. The van der Waals surface area contributed by atoms with Crippen molar-refractivity contribution in [2.45, 2.75) is 25.7 Å². The van der Waals surface area contributed by atoms with Gasteiger partial charge in [-0.3, -0.25) is 4.40 Å². The van der Waals surface area contributed by atoms with Crippen LogP contribution in [-0.4, -0.2) is 51.5 Å². The molecule has 3 aromatic rings. The van der Waals surface area contributed by atoms with Crippen LogP contribution in [0.5, 0.6) is 0 Å². The molecular weight excluding hydrogens is 388 g/mol. The lowest BCUT2D eigenvalue weighted by Crippen LogP contribution is -2.32. The Bertz CT molecular complexity index is 1050. The molecule has 0 aliphatic carbocycles. The Morgan fingerprint density at radius 3 is 2.59 bits per heavy atom. The smallest absolute Gasteiger partial charge is 0.321 e. The number of carbonyl (C=O) groups excluding carboxylic acids is 1. The maximum atomic E-state index is 12.4. The highest BCUT2D eigenvalue weighted by atomic mass is 35.5. The summed E-state index contributed by atoms with van der Waals surface area (Å²) >= 11 is 6.46. The molecule has 29 heavy (non-hydrogen) atoms. The molecule has 0 atom stereocenters. The molecule has 2 aliphatic heterocycles. The van der Waals surface area contributed by atoms with Crippen LogP contribution in [0.1, 0.15) is 25.7 Å². The molecule has 2 aliphatic rings. The van der Waals surface area contributed by atoms with Crippen molar-refractivity contribution in [1.82, 2.24) is 19.3 Å². The molecule has 0 spiro atoms. The number of carbonyl (C=O) groups is 1. The zero-order chi connectivity index (χ0) is 19.8. The lowest BCUT2D eigenvalue weighted by molar-refractivity contribution is 0.222. The number of aromatic nitrogens is 3. The second kappa shape index (κ2) is 7.55. The normalized spacial score (nSPS) is 16.7. The van der Waals surface area contributed by atoms with Gasteiger partial charge in [0.05, 0.1) is 22.6 Å². The zero-order valence-electron chi connectivity index (χ0n) is 16.1. The number of urea groups is 1. The highest BCUT2D eigenvalue weighted by Gasteiger charge is 2.19. The minimum atomic E-state index is -0.0669. The molecule has 0 radical (unpaired) electrons. The summed E-state index contributed by atoms with van der Waals surface area (Å²) in [4.78, 5) is 25.7. The van der Waals surface area contributed by atoms with Gasteiger partial charge in [0.1, 0.15) is 0 Å². The maximum absolute atomic E-state index is 12.4. The highest BCUT2D eigenvalue weighted by Crippen LogP contribution is 2.31. The summed E-state index contributed by atoms with van der Waals surface area (Å²) < 4.78 is 1.94. The van der Waals surface area contributed by atoms with Gasteiger partial charge in [0.25, 0.3) is 0 Å². The van der Waals surface area contributed by atoms with Crippen LogP contribution >= 0.6 is 11.6 Å². The monoisotopic (exact) mass is 410 g/mol. The van der Waals surface area contributed by atoms with Crippen LogP contribution < -0.4 is 10.2 Å². The first-order valence-corrected chi connectivity index (χ1v) is 10.5. The van der Waals surface area contributed by atoms with Crippen LogP contribution in [-0.2, 0) is 0 Å². The predicted octanol–water partition coefficient (Wildman–Crippen LogP) is 4.28. The van der Waals surface area contributed by atoms with Crippen molar-refractivity contribution in [2.75, 3.05) is 36.4 Å². The number of benzene rings is 1. The van der Waals surface area contributed by atoms with Crippen molar-refractivity contribution in [1.29, 1.82) is 0 Å². The molecule has 5 rings (SSSR count). The first-order chi connectivity index (χ1) is 14.2. The van der Waals surface area contributed by atoms with E-state index < -0.39 is 0 Å². The second-order valence-electron chi connectivity index (χ2n) is 7.66. The van der Waals surface area contributed by atoms with Gasteiger partial charge in [-0.25, -0.2) is 14.8 Å². The Hall–Kier alpha value is -2.80. The quantitative estimate of drug-likeness (QED) is 0.700. The van der Waals surface area contributed by atoms with E-state index in [1.54, 1.807) is 6.07 Å². The third kappa shape index (κ3) is 3.62. The van der Waals surface area contributed by atoms with Crippen molar-refractivity contribution in [2.24, 2.45) is 0 Å². The Labute approximate surface area is 174 Å². The van der Waals surface area contributed by atoms with Gasteiger partial charge in [-0.1, -0.05) is 11.6 Å². The summed E-state index contributed by atoms with van der Waals surface area (Å²) in [6.45, 7) is 3.76. The Morgan fingerprint density at radius 1 is 1.03 bits per heavy atom. The third-order valence-electron chi connectivity index (χ3n) is 5.65. The number of likely N-dealkylation sites (tertiary alicyclic amines) is 1. The fraction of sp³-hybridized carbons (Fsp3) is 0.381. The Kier molecular flexibility index (Phi) is 4.75. The Morgan fingerprint density at radius 2 is 1.79 bits per heavy atom. The zero-order valence-corrected chi connectivity index (χ0v) is 16.9. The molecule has 0 bridgehead atoms. The molecule has 2 aromatic heterocycles. The number of rotatable bonds is 3. The van der Waals surface area contributed by atoms with Crippen molar-refractivity contribution < 1.29 is 4.79 Å². The third-order valence-corrected chi connectivity index (χ3v) is 5.98. The van der Waals surface area contributed by atoms with Crippen LogP contribution in [0.15, 0.2) is 36.8 Å². The van der Waals surface area contributed by atoms with Crippen LogP contribution in [0.3, 0.4) is 0 Å². The van der Waals surface area contributed by atoms with E-state index in [0.717, 1.165) is 56.0 Å². The largest absolute Gasteiger partial charge is 0.369 e. The van der Waals surface area contributed by atoms with Gasteiger partial charge in [-0.2, -0.15) is 0 Å². The maximum Gasteiger partial charge on any atom is 0.321 e. The van der Waals surface area contributed by atoms with Gasteiger partial charge in [0, 0.05) is 49.8 Å². The number of anilines is 2. The molecular formula is C21H23ClN6O. The highest BCUT2D eigenvalue weighted by molar-refractivity contribution is 6.33. The molecule has 1 aromatic carbocycles. The number of hydrogen-bond acceptors (Lipinski definition) is 4. The molecule has 8 heteroatoms. The molecule has 2 amide bonds. The number of imidazole rings is 1. The van der Waals surface area contributed by atoms with Crippen molar-refractivity contribution in [3.05, 3.63) is 41.8 Å².